The number of fused-ring (bicyclic) bond motifs is 1. The van der Waals surface area contributed by atoms with Crippen LogP contribution in [0.4, 0.5) is 0 Å². The second kappa shape index (κ2) is 7.56. The molecule has 4 heterocycles. The fourth-order valence-corrected chi connectivity index (χ4v) is 4.13. The number of nitrogens with one attached hydrogen (secondary N) is 1. The molecule has 1 aliphatic heterocycles. The average Bonchev–Trinajstić information content (AvgIpc) is 3.36. The van der Waals surface area contributed by atoms with Crippen LogP contribution in [0.5, 0.6) is 0 Å². The first kappa shape index (κ1) is 17.8. The van der Waals surface area contributed by atoms with Crippen LogP contribution in [0.25, 0.3) is 10.6 Å². The van der Waals surface area contributed by atoms with Crippen LogP contribution >= 0.6 is 11.3 Å². The smallest absolute Gasteiger partial charge is 0.345 e. The van der Waals surface area contributed by atoms with E-state index in [0.717, 1.165) is 35.1 Å². The molecular formula is C19H22N4O3S. The van der Waals surface area contributed by atoms with Crippen LogP contribution in [0.1, 0.15) is 30.8 Å². The number of hydrogen-bond donors (Lipinski definition) is 1. The lowest BCUT2D eigenvalue weighted by Crippen LogP contribution is -2.35. The molecule has 0 aromatic carbocycles. The van der Waals surface area contributed by atoms with Gasteiger partial charge in [-0.05, 0) is 36.4 Å². The highest BCUT2D eigenvalue weighted by atomic mass is 32.1. The summed E-state index contributed by atoms with van der Waals surface area (Å²) in [5, 5.41) is 9.37. The summed E-state index contributed by atoms with van der Waals surface area (Å²) in [4.78, 5) is 25.4. The number of carbonyl (C=O) groups excluding carboxylic acids is 1. The Morgan fingerprint density at radius 2 is 2.26 bits per heavy atom. The van der Waals surface area contributed by atoms with Crippen LogP contribution in [-0.4, -0.2) is 26.3 Å². The maximum atomic E-state index is 12.3. The van der Waals surface area contributed by atoms with Crippen LogP contribution < -0.4 is 11.0 Å². The summed E-state index contributed by atoms with van der Waals surface area (Å²) in [6.45, 7) is 0.593. The van der Waals surface area contributed by atoms with Crippen LogP contribution in [0.2, 0.25) is 0 Å². The molecule has 1 N–H and O–H groups in total. The zero-order valence-electron chi connectivity index (χ0n) is 15.2. The second-order valence-electron chi connectivity index (χ2n) is 6.81. The lowest BCUT2D eigenvalue weighted by molar-refractivity contribution is -0.121. The van der Waals surface area contributed by atoms with Gasteiger partial charge in [0.2, 0.25) is 5.91 Å². The summed E-state index contributed by atoms with van der Waals surface area (Å²) in [6, 6.07) is 7.96. The molecule has 8 heteroatoms. The minimum absolute atomic E-state index is 0.0153. The molecule has 7 nitrogen and oxygen atoms in total. The van der Waals surface area contributed by atoms with E-state index in [1.54, 1.807) is 23.0 Å². The fraction of sp³-hybridized carbons (Fsp3) is 0.421. The van der Waals surface area contributed by atoms with E-state index in [1.807, 2.05) is 29.6 Å². The largest absolute Gasteiger partial charge is 0.460 e. The van der Waals surface area contributed by atoms with Gasteiger partial charge in [0.15, 0.2) is 0 Å². The van der Waals surface area contributed by atoms with Crippen molar-refractivity contribution in [2.45, 2.75) is 44.7 Å². The molecule has 1 amide bonds. The van der Waals surface area contributed by atoms with Crippen molar-refractivity contribution in [3.05, 3.63) is 51.7 Å². The van der Waals surface area contributed by atoms with Crippen molar-refractivity contribution in [2.75, 3.05) is 0 Å². The summed E-state index contributed by atoms with van der Waals surface area (Å²) in [6.07, 6.45) is 3.20. The van der Waals surface area contributed by atoms with Gasteiger partial charge in [-0.25, -0.2) is 9.48 Å². The van der Waals surface area contributed by atoms with E-state index >= 15 is 0 Å². The summed E-state index contributed by atoms with van der Waals surface area (Å²) in [7, 11) is 1.67. The van der Waals surface area contributed by atoms with Crippen LogP contribution in [0.15, 0.2) is 38.9 Å². The highest BCUT2D eigenvalue weighted by Crippen LogP contribution is 2.26. The van der Waals surface area contributed by atoms with E-state index in [0.29, 0.717) is 25.8 Å². The Hall–Kier alpha value is -2.61. The van der Waals surface area contributed by atoms with Crippen molar-refractivity contribution in [2.24, 2.45) is 7.05 Å². The van der Waals surface area contributed by atoms with Crippen molar-refractivity contribution in [3.63, 3.8) is 0 Å². The number of nitrogens with zero attached hydrogens (tertiary/aromatic N) is 3. The zero-order valence-corrected chi connectivity index (χ0v) is 16.0. The predicted molar refractivity (Wildman–Crippen MR) is 103 cm³/mol. The molecule has 0 saturated heterocycles. The lowest BCUT2D eigenvalue weighted by Gasteiger charge is -2.15. The number of amides is 1. The number of aromatic nitrogens is 3. The van der Waals surface area contributed by atoms with Gasteiger partial charge in [-0.3, -0.25) is 9.36 Å². The van der Waals surface area contributed by atoms with Gasteiger partial charge in [0.1, 0.15) is 17.3 Å². The predicted octanol–water partition coefficient (Wildman–Crippen LogP) is 2.36. The third-order valence-electron chi connectivity index (χ3n) is 4.89. The summed E-state index contributed by atoms with van der Waals surface area (Å²) in [5.41, 5.74) is -0.0867. The van der Waals surface area contributed by atoms with Crippen molar-refractivity contribution in [1.29, 1.82) is 0 Å². The van der Waals surface area contributed by atoms with Crippen LogP contribution in [0, 0.1) is 0 Å². The van der Waals surface area contributed by atoms with Gasteiger partial charge in [0, 0.05) is 38.9 Å². The average molecular weight is 386 g/mol. The first-order chi connectivity index (χ1) is 13.1. The van der Waals surface area contributed by atoms with E-state index < -0.39 is 0 Å². The fourth-order valence-electron chi connectivity index (χ4n) is 3.44. The zero-order chi connectivity index (χ0) is 18.8. The van der Waals surface area contributed by atoms with Gasteiger partial charge < -0.3 is 9.73 Å². The number of thiophene rings is 1. The van der Waals surface area contributed by atoms with E-state index in [2.05, 4.69) is 10.4 Å². The molecule has 0 saturated carbocycles. The number of aryl methyl sites for hydroxylation is 3. The molecule has 1 unspecified atom stereocenters. The highest BCUT2D eigenvalue weighted by Gasteiger charge is 2.21. The van der Waals surface area contributed by atoms with Gasteiger partial charge in [0.05, 0.1) is 4.88 Å². The molecule has 142 valence electrons. The minimum atomic E-state index is -0.0867. The Morgan fingerprint density at radius 1 is 1.37 bits per heavy atom. The number of furan rings is 1. The Labute approximate surface area is 160 Å². The monoisotopic (exact) mass is 386 g/mol. The van der Waals surface area contributed by atoms with Gasteiger partial charge in [-0.15, -0.1) is 11.3 Å². The van der Waals surface area contributed by atoms with Gasteiger partial charge in [-0.2, -0.15) is 5.10 Å². The maximum Gasteiger partial charge on any atom is 0.345 e. The third-order valence-corrected chi connectivity index (χ3v) is 5.78. The Bertz CT molecular complexity index is 983. The molecule has 0 bridgehead atoms. The summed E-state index contributed by atoms with van der Waals surface area (Å²) in [5.74, 6) is 2.48. The van der Waals surface area contributed by atoms with Crippen molar-refractivity contribution >= 4 is 17.2 Å². The van der Waals surface area contributed by atoms with Crippen LogP contribution in [-0.2, 0) is 31.2 Å². The highest BCUT2D eigenvalue weighted by molar-refractivity contribution is 7.13. The number of rotatable bonds is 5. The topological polar surface area (TPSA) is 82.1 Å². The first-order valence-electron chi connectivity index (χ1n) is 9.15. The van der Waals surface area contributed by atoms with Gasteiger partial charge in [-0.1, -0.05) is 6.07 Å². The standard InChI is InChI=1S/C19H22N4O3S/c1-22-19(25)23-11-10-13(4-8-17(23)21-22)20-18(24)9-6-14-5-7-15(26-14)16-3-2-12-27-16/h2-3,5,7,12-13H,4,6,8-11H2,1H3,(H,20,24). The number of hydrogen-bond acceptors (Lipinski definition) is 5. The molecule has 4 rings (SSSR count). The molecule has 0 fully saturated rings. The molecule has 0 aliphatic carbocycles. The normalized spacial score (nSPS) is 16.7. The van der Waals surface area contributed by atoms with E-state index in [4.69, 9.17) is 4.42 Å². The first-order valence-corrected chi connectivity index (χ1v) is 10.0. The summed E-state index contributed by atoms with van der Waals surface area (Å²) >= 11 is 1.63. The molecule has 1 atom stereocenters. The number of carbonyl (C=O) groups is 1. The minimum Gasteiger partial charge on any atom is -0.460 e. The second-order valence-corrected chi connectivity index (χ2v) is 7.76. The van der Waals surface area contributed by atoms with Crippen molar-refractivity contribution in [3.8, 4) is 10.6 Å². The molecule has 1 aliphatic rings. The van der Waals surface area contributed by atoms with Crippen molar-refractivity contribution < 1.29 is 9.21 Å². The SMILES string of the molecule is Cn1nc2n(c1=O)CCC(NC(=O)CCc1ccc(-c3cccs3)o1)CC2. The molecule has 3 aromatic rings. The van der Waals surface area contributed by atoms with E-state index in [-0.39, 0.29) is 17.6 Å². The Kier molecular flexibility index (Phi) is 4.98. The third kappa shape index (κ3) is 3.90. The lowest BCUT2D eigenvalue weighted by atomic mass is 10.1. The quantitative estimate of drug-likeness (QED) is 0.730. The maximum absolute atomic E-state index is 12.3. The molecule has 3 aromatic heterocycles. The van der Waals surface area contributed by atoms with E-state index in [9.17, 15) is 9.59 Å². The summed E-state index contributed by atoms with van der Waals surface area (Å²) < 4.78 is 8.91. The molecule has 0 radical (unpaired) electrons. The Balaban J connectivity index is 1.28. The van der Waals surface area contributed by atoms with Crippen LogP contribution in [0.3, 0.4) is 0 Å². The molecule has 27 heavy (non-hydrogen) atoms. The van der Waals surface area contributed by atoms with Crippen molar-refractivity contribution in [1.82, 2.24) is 19.7 Å². The molecular weight excluding hydrogens is 364 g/mol. The molecule has 0 spiro atoms. The Morgan fingerprint density at radius 3 is 3.07 bits per heavy atom. The van der Waals surface area contributed by atoms with Gasteiger partial charge >= 0.3 is 5.69 Å². The van der Waals surface area contributed by atoms with E-state index in [1.165, 1.54) is 4.68 Å². The van der Waals surface area contributed by atoms with Gasteiger partial charge in [0.25, 0.3) is 0 Å².